The van der Waals surface area contributed by atoms with Crippen molar-refractivity contribution >= 4 is 34.4 Å². The van der Waals surface area contributed by atoms with Crippen molar-refractivity contribution in [2.45, 2.75) is 45.7 Å². The summed E-state index contributed by atoms with van der Waals surface area (Å²) in [4.78, 5) is 57.3. The first-order valence-corrected chi connectivity index (χ1v) is 14.0. The number of amides is 1. The van der Waals surface area contributed by atoms with Gasteiger partial charge in [0.1, 0.15) is 17.3 Å². The van der Waals surface area contributed by atoms with E-state index in [0.717, 1.165) is 4.57 Å². The Morgan fingerprint density at radius 2 is 1.86 bits per heavy atom. The van der Waals surface area contributed by atoms with Crippen molar-refractivity contribution in [3.8, 4) is 16.9 Å². The van der Waals surface area contributed by atoms with Crippen LogP contribution in [0.5, 0.6) is 0 Å². The molecule has 2 atom stereocenters. The molecule has 5 rings (SSSR count). The normalized spacial score (nSPS) is 17.2. The molecule has 10 nitrogen and oxygen atoms in total. The van der Waals surface area contributed by atoms with Crippen LogP contribution < -0.4 is 16.1 Å². The van der Waals surface area contributed by atoms with E-state index in [1.807, 2.05) is 32.6 Å². The number of benzene rings is 1. The van der Waals surface area contributed by atoms with Crippen LogP contribution in [-0.2, 0) is 11.8 Å². The SMILES string of the molecule is C=CC(=O)N1C[C@H](C)N(c2nc(=O)n(-c3c(C(C)C)ncn(C)c3=O)c3nc(-c4ccccc4F)c(Cl)cc23)C[C@H]1C. The predicted octanol–water partition coefficient (Wildman–Crippen LogP) is 4.07. The summed E-state index contributed by atoms with van der Waals surface area (Å²) in [5.41, 5.74) is -0.465. The zero-order valence-electron chi connectivity index (χ0n) is 24.0. The van der Waals surface area contributed by atoms with Crippen LogP contribution in [0.2, 0.25) is 5.02 Å². The third-order valence-electron chi connectivity index (χ3n) is 7.55. The Kier molecular flexibility index (Phi) is 7.72. The molecule has 0 unspecified atom stereocenters. The molecule has 0 saturated carbocycles. The fourth-order valence-electron chi connectivity index (χ4n) is 5.39. The van der Waals surface area contributed by atoms with E-state index < -0.39 is 17.1 Å². The highest BCUT2D eigenvalue weighted by Crippen LogP contribution is 2.35. The lowest BCUT2D eigenvalue weighted by atomic mass is 10.1. The van der Waals surface area contributed by atoms with Crippen LogP contribution in [-0.4, -0.2) is 60.1 Å². The van der Waals surface area contributed by atoms with Gasteiger partial charge in [0.2, 0.25) is 5.91 Å². The number of pyridine rings is 1. The van der Waals surface area contributed by atoms with Crippen LogP contribution in [0.3, 0.4) is 0 Å². The molecule has 0 N–H and O–H groups in total. The van der Waals surface area contributed by atoms with Crippen molar-refractivity contribution in [3.05, 3.63) is 86.7 Å². The number of piperazine rings is 1. The number of carbonyl (C=O) groups excluding carboxylic acids is 1. The van der Waals surface area contributed by atoms with Crippen molar-refractivity contribution in [3.63, 3.8) is 0 Å². The summed E-state index contributed by atoms with van der Waals surface area (Å²) in [5, 5.41) is 0.535. The highest BCUT2D eigenvalue weighted by molar-refractivity contribution is 6.33. The maximum Gasteiger partial charge on any atom is 0.356 e. The Morgan fingerprint density at radius 1 is 1.14 bits per heavy atom. The Balaban J connectivity index is 1.85. The van der Waals surface area contributed by atoms with Gasteiger partial charge in [0.05, 0.1) is 28.1 Å². The number of anilines is 1. The highest BCUT2D eigenvalue weighted by Gasteiger charge is 2.34. The molecule has 218 valence electrons. The molecule has 1 aromatic carbocycles. The van der Waals surface area contributed by atoms with E-state index in [2.05, 4.69) is 16.5 Å². The van der Waals surface area contributed by atoms with E-state index in [1.165, 1.54) is 23.0 Å². The van der Waals surface area contributed by atoms with Crippen molar-refractivity contribution < 1.29 is 9.18 Å². The zero-order valence-corrected chi connectivity index (χ0v) is 24.8. The molecule has 3 aromatic heterocycles. The van der Waals surface area contributed by atoms with Crippen molar-refractivity contribution in [2.24, 2.45) is 7.05 Å². The van der Waals surface area contributed by atoms with Crippen LogP contribution in [0.1, 0.15) is 39.3 Å². The van der Waals surface area contributed by atoms with Crippen molar-refractivity contribution in [2.75, 3.05) is 18.0 Å². The summed E-state index contributed by atoms with van der Waals surface area (Å²) in [6, 6.07) is 7.19. The zero-order chi connectivity index (χ0) is 30.5. The molecule has 0 spiro atoms. The molecule has 1 aliphatic rings. The third kappa shape index (κ3) is 4.87. The molecule has 12 heteroatoms. The van der Waals surface area contributed by atoms with Gasteiger partial charge < -0.3 is 14.4 Å². The average Bonchev–Trinajstić information content (AvgIpc) is 2.95. The summed E-state index contributed by atoms with van der Waals surface area (Å²) >= 11 is 6.74. The molecule has 4 heterocycles. The first-order chi connectivity index (χ1) is 19.9. The van der Waals surface area contributed by atoms with Crippen molar-refractivity contribution in [1.29, 1.82) is 0 Å². The average molecular weight is 592 g/mol. The van der Waals surface area contributed by atoms with Gasteiger partial charge in [0.15, 0.2) is 5.65 Å². The van der Waals surface area contributed by atoms with E-state index in [4.69, 9.17) is 16.6 Å². The summed E-state index contributed by atoms with van der Waals surface area (Å²) < 4.78 is 17.4. The van der Waals surface area contributed by atoms with Gasteiger partial charge in [0.25, 0.3) is 5.56 Å². The monoisotopic (exact) mass is 591 g/mol. The minimum Gasteiger partial charge on any atom is -0.349 e. The Hall–Kier alpha value is -4.38. The van der Waals surface area contributed by atoms with Gasteiger partial charge in [-0.25, -0.2) is 23.7 Å². The molecular formula is C30H31ClFN7O3. The second-order valence-corrected chi connectivity index (χ2v) is 11.2. The lowest BCUT2D eigenvalue weighted by molar-refractivity contribution is -0.128. The standard InChI is InChI=1S/C30H31ClFN7O3/c1-7-23(40)37-13-18(5)38(14-17(37)4)27-20-12-21(31)25(19-10-8-9-11-22(19)32)34-28(20)39(30(42)35-27)26-24(16(2)3)33-15-36(6)29(26)41/h7-12,15-18H,1,13-14H2,2-6H3/t17-,18+/m1/s1. The number of rotatable bonds is 5. The molecule has 4 aromatic rings. The van der Waals surface area contributed by atoms with Crippen LogP contribution >= 0.6 is 11.6 Å². The number of hydrogen-bond donors (Lipinski definition) is 0. The third-order valence-corrected chi connectivity index (χ3v) is 7.84. The molecular weight excluding hydrogens is 561 g/mol. The fraction of sp³-hybridized carbons (Fsp3) is 0.333. The predicted molar refractivity (Wildman–Crippen MR) is 161 cm³/mol. The Morgan fingerprint density at radius 3 is 2.52 bits per heavy atom. The Labute approximate surface area is 246 Å². The quantitative estimate of drug-likeness (QED) is 0.322. The lowest BCUT2D eigenvalue weighted by Gasteiger charge is -2.44. The van der Waals surface area contributed by atoms with Crippen LogP contribution in [0.15, 0.2) is 58.9 Å². The van der Waals surface area contributed by atoms with E-state index in [9.17, 15) is 18.8 Å². The second-order valence-electron chi connectivity index (χ2n) is 10.8. The van der Waals surface area contributed by atoms with E-state index in [-0.39, 0.29) is 51.5 Å². The molecule has 42 heavy (non-hydrogen) atoms. The van der Waals surface area contributed by atoms with Gasteiger partial charge in [-0.15, -0.1) is 0 Å². The van der Waals surface area contributed by atoms with E-state index in [0.29, 0.717) is 30.0 Å². The molecule has 0 bridgehead atoms. The van der Waals surface area contributed by atoms with Gasteiger partial charge in [-0.1, -0.05) is 44.2 Å². The van der Waals surface area contributed by atoms with Crippen LogP contribution in [0, 0.1) is 5.82 Å². The van der Waals surface area contributed by atoms with Gasteiger partial charge in [-0.05, 0) is 44.0 Å². The number of carbonyl (C=O) groups is 1. The van der Waals surface area contributed by atoms with Gasteiger partial charge in [-0.2, -0.15) is 4.98 Å². The van der Waals surface area contributed by atoms with Crippen LogP contribution in [0.4, 0.5) is 10.2 Å². The molecule has 1 fully saturated rings. The molecule has 1 aliphatic heterocycles. The lowest BCUT2D eigenvalue weighted by Crippen LogP contribution is -2.58. The number of aromatic nitrogens is 5. The minimum absolute atomic E-state index is 0.0150. The first kappa shape index (κ1) is 29.1. The number of nitrogens with zero attached hydrogens (tertiary/aromatic N) is 7. The summed E-state index contributed by atoms with van der Waals surface area (Å²) in [6.45, 7) is 11.9. The molecule has 0 aliphatic carbocycles. The largest absolute Gasteiger partial charge is 0.356 e. The maximum atomic E-state index is 15.0. The maximum absolute atomic E-state index is 15.0. The Bertz CT molecular complexity index is 1850. The molecule has 1 amide bonds. The first-order valence-electron chi connectivity index (χ1n) is 13.6. The number of hydrogen-bond acceptors (Lipinski definition) is 7. The molecule has 1 saturated heterocycles. The van der Waals surface area contributed by atoms with Crippen LogP contribution in [0.25, 0.3) is 28.0 Å². The number of aryl methyl sites for hydroxylation is 1. The minimum atomic E-state index is -0.747. The fourth-order valence-corrected chi connectivity index (χ4v) is 5.64. The topological polar surface area (TPSA) is 106 Å². The van der Waals surface area contributed by atoms with E-state index >= 15 is 0 Å². The second kappa shape index (κ2) is 11.1. The van der Waals surface area contributed by atoms with Gasteiger partial charge in [0, 0.05) is 37.8 Å². The van der Waals surface area contributed by atoms with Crippen molar-refractivity contribution in [1.82, 2.24) is 29.0 Å². The van der Waals surface area contributed by atoms with Gasteiger partial charge >= 0.3 is 5.69 Å². The number of fused-ring (bicyclic) bond motifs is 1. The summed E-state index contributed by atoms with van der Waals surface area (Å²) in [5.74, 6) is -0.641. The molecule has 0 radical (unpaired) electrons. The summed E-state index contributed by atoms with van der Waals surface area (Å²) in [6.07, 6.45) is 2.68. The summed E-state index contributed by atoms with van der Waals surface area (Å²) in [7, 11) is 1.54. The van der Waals surface area contributed by atoms with Gasteiger partial charge in [-0.3, -0.25) is 9.59 Å². The smallest absolute Gasteiger partial charge is 0.349 e. The highest BCUT2D eigenvalue weighted by atomic mass is 35.5. The van der Waals surface area contributed by atoms with E-state index in [1.54, 1.807) is 36.2 Å². The number of halogens is 2.